The van der Waals surface area contributed by atoms with Crippen LogP contribution in [0.5, 0.6) is 0 Å². The summed E-state index contributed by atoms with van der Waals surface area (Å²) in [5.74, 6) is 0. The first kappa shape index (κ1) is 12.1. The molecule has 0 unspecified atom stereocenters. The lowest BCUT2D eigenvalue weighted by molar-refractivity contribution is -0.111. The zero-order chi connectivity index (χ0) is 13.1. The van der Waals surface area contributed by atoms with E-state index in [1.165, 1.54) is 0 Å². The van der Waals surface area contributed by atoms with Crippen LogP contribution in [-0.4, -0.2) is 37.7 Å². The topological polar surface area (TPSA) is 32.8 Å². The highest BCUT2D eigenvalue weighted by Crippen LogP contribution is 2.27. The molecule has 2 aromatic carbocycles. The summed E-state index contributed by atoms with van der Waals surface area (Å²) in [5.41, 5.74) is 0.926. The van der Waals surface area contributed by atoms with E-state index in [1.807, 2.05) is 35.3 Å². The van der Waals surface area contributed by atoms with Crippen LogP contribution < -0.4 is 5.01 Å². The Bertz CT molecular complexity index is 574. The molecule has 4 nitrogen and oxygen atoms in total. The van der Waals surface area contributed by atoms with Crippen molar-refractivity contribution >= 4 is 22.9 Å². The fourth-order valence-electron chi connectivity index (χ4n) is 2.45. The fourth-order valence-corrected chi connectivity index (χ4v) is 2.45. The van der Waals surface area contributed by atoms with Crippen molar-refractivity contribution in [2.45, 2.75) is 0 Å². The monoisotopic (exact) mass is 256 g/mol. The third kappa shape index (κ3) is 2.32. The predicted molar refractivity (Wildman–Crippen MR) is 74.9 cm³/mol. The van der Waals surface area contributed by atoms with E-state index in [9.17, 15) is 4.79 Å². The minimum Gasteiger partial charge on any atom is -0.379 e. The van der Waals surface area contributed by atoms with Crippen LogP contribution in [0.15, 0.2) is 42.5 Å². The van der Waals surface area contributed by atoms with Gasteiger partial charge < -0.3 is 4.74 Å². The van der Waals surface area contributed by atoms with E-state index in [2.05, 4.69) is 12.1 Å². The predicted octanol–water partition coefficient (Wildman–Crippen LogP) is 2.05. The van der Waals surface area contributed by atoms with Gasteiger partial charge in [-0.25, -0.2) is 10.0 Å². The Morgan fingerprint density at radius 2 is 1.79 bits per heavy atom. The second-order valence-electron chi connectivity index (χ2n) is 4.51. The Hall–Kier alpha value is -1.91. The first-order valence-corrected chi connectivity index (χ1v) is 6.45. The van der Waals surface area contributed by atoms with Crippen LogP contribution in [0, 0.1) is 0 Å². The molecule has 4 heteroatoms. The minimum atomic E-state index is 0.662. The molecule has 1 aliphatic rings. The maximum Gasteiger partial charge on any atom is 0.228 e. The van der Waals surface area contributed by atoms with Crippen LogP contribution in [0.25, 0.3) is 10.8 Å². The molecule has 0 aromatic heterocycles. The number of ether oxygens (including phenoxy) is 1. The first-order valence-electron chi connectivity index (χ1n) is 6.45. The number of morpholine rings is 1. The van der Waals surface area contributed by atoms with Crippen LogP contribution in [-0.2, 0) is 9.53 Å². The van der Waals surface area contributed by atoms with Gasteiger partial charge in [0.15, 0.2) is 0 Å². The van der Waals surface area contributed by atoms with Gasteiger partial charge in [-0.15, -0.1) is 0 Å². The Morgan fingerprint density at radius 1 is 1.05 bits per heavy atom. The highest BCUT2D eigenvalue weighted by molar-refractivity contribution is 5.97. The molecule has 3 rings (SSSR count). The molecule has 2 aromatic rings. The van der Waals surface area contributed by atoms with Crippen LogP contribution in [0.3, 0.4) is 0 Å². The SMILES string of the molecule is O=CN(c1cccc2ccccc12)N1CCOCC1. The molecule has 1 amide bonds. The first-order chi connectivity index (χ1) is 9.40. The lowest BCUT2D eigenvalue weighted by atomic mass is 10.1. The summed E-state index contributed by atoms with van der Waals surface area (Å²) in [5, 5.41) is 5.95. The van der Waals surface area contributed by atoms with Crippen molar-refractivity contribution in [3.63, 3.8) is 0 Å². The van der Waals surface area contributed by atoms with Crippen molar-refractivity contribution in [2.24, 2.45) is 0 Å². The van der Waals surface area contributed by atoms with Crippen LogP contribution in [0.2, 0.25) is 0 Å². The Labute approximate surface area is 112 Å². The maximum absolute atomic E-state index is 11.5. The molecule has 1 aliphatic heterocycles. The van der Waals surface area contributed by atoms with Gasteiger partial charge >= 0.3 is 0 Å². The van der Waals surface area contributed by atoms with Gasteiger partial charge in [-0.05, 0) is 11.5 Å². The summed E-state index contributed by atoms with van der Waals surface area (Å²) in [6.45, 7) is 2.80. The Balaban J connectivity index is 2.03. The summed E-state index contributed by atoms with van der Waals surface area (Å²) in [7, 11) is 0. The highest BCUT2D eigenvalue weighted by atomic mass is 16.5. The van der Waals surface area contributed by atoms with E-state index >= 15 is 0 Å². The molecule has 1 fully saturated rings. The van der Waals surface area contributed by atoms with Gasteiger partial charge in [-0.2, -0.15) is 0 Å². The number of hydrogen-bond donors (Lipinski definition) is 0. The van der Waals surface area contributed by atoms with Crippen LogP contribution in [0.1, 0.15) is 0 Å². The van der Waals surface area contributed by atoms with Crippen molar-refractivity contribution in [1.29, 1.82) is 0 Å². The number of anilines is 1. The molecule has 19 heavy (non-hydrogen) atoms. The smallest absolute Gasteiger partial charge is 0.228 e. The number of fused-ring (bicyclic) bond motifs is 1. The van der Waals surface area contributed by atoms with Crippen LogP contribution >= 0.6 is 0 Å². The molecule has 0 saturated carbocycles. The summed E-state index contributed by atoms with van der Waals surface area (Å²) < 4.78 is 5.33. The lowest BCUT2D eigenvalue weighted by Crippen LogP contribution is -2.48. The quantitative estimate of drug-likeness (QED) is 0.788. The number of rotatable bonds is 3. The largest absolute Gasteiger partial charge is 0.379 e. The Kier molecular flexibility index (Phi) is 3.44. The van der Waals surface area contributed by atoms with Gasteiger partial charge in [0.1, 0.15) is 0 Å². The van der Waals surface area contributed by atoms with Gasteiger partial charge in [-0.1, -0.05) is 36.4 Å². The second-order valence-corrected chi connectivity index (χ2v) is 4.51. The zero-order valence-electron chi connectivity index (χ0n) is 10.7. The molecule has 0 radical (unpaired) electrons. The number of benzene rings is 2. The molecule has 0 atom stereocenters. The van der Waals surface area contributed by atoms with E-state index < -0.39 is 0 Å². The Morgan fingerprint density at radius 3 is 2.58 bits per heavy atom. The van der Waals surface area contributed by atoms with Gasteiger partial charge in [-0.3, -0.25) is 4.79 Å². The van der Waals surface area contributed by atoms with Crippen molar-refractivity contribution < 1.29 is 9.53 Å². The number of nitrogens with zero attached hydrogens (tertiary/aromatic N) is 2. The number of hydrazine groups is 1. The van der Waals surface area contributed by atoms with Crippen molar-refractivity contribution in [3.05, 3.63) is 42.5 Å². The standard InChI is InChI=1S/C15H16N2O2/c18-12-17(16-8-10-19-11-9-16)15-7-3-5-13-4-1-2-6-14(13)15/h1-7,12H,8-11H2. The van der Waals surface area contributed by atoms with E-state index in [0.29, 0.717) is 13.2 Å². The average molecular weight is 256 g/mol. The molecular weight excluding hydrogens is 240 g/mol. The molecule has 1 heterocycles. The molecule has 0 spiro atoms. The third-order valence-electron chi connectivity index (χ3n) is 3.41. The van der Waals surface area contributed by atoms with E-state index in [0.717, 1.165) is 36.0 Å². The maximum atomic E-state index is 11.5. The van der Waals surface area contributed by atoms with Gasteiger partial charge in [0, 0.05) is 18.5 Å². The van der Waals surface area contributed by atoms with Gasteiger partial charge in [0.25, 0.3) is 0 Å². The van der Waals surface area contributed by atoms with Crippen molar-refractivity contribution in [1.82, 2.24) is 5.01 Å². The normalized spacial score (nSPS) is 16.4. The zero-order valence-corrected chi connectivity index (χ0v) is 10.7. The summed E-state index contributed by atoms with van der Waals surface area (Å²) in [4.78, 5) is 11.5. The van der Waals surface area contributed by atoms with Crippen molar-refractivity contribution in [2.75, 3.05) is 31.3 Å². The number of amides is 1. The highest BCUT2D eigenvalue weighted by Gasteiger charge is 2.19. The van der Waals surface area contributed by atoms with Gasteiger partial charge in [0.2, 0.25) is 6.41 Å². The summed E-state index contributed by atoms with van der Waals surface area (Å²) in [6, 6.07) is 14.1. The second kappa shape index (κ2) is 5.38. The van der Waals surface area contributed by atoms with Gasteiger partial charge in [0.05, 0.1) is 18.9 Å². The van der Waals surface area contributed by atoms with E-state index in [-0.39, 0.29) is 0 Å². The lowest BCUT2D eigenvalue weighted by Gasteiger charge is -2.35. The molecular formula is C15H16N2O2. The molecule has 1 saturated heterocycles. The number of hydrogen-bond acceptors (Lipinski definition) is 3. The van der Waals surface area contributed by atoms with E-state index in [4.69, 9.17) is 4.74 Å². The summed E-state index contributed by atoms with van der Waals surface area (Å²) in [6.07, 6.45) is 0.882. The van der Waals surface area contributed by atoms with Crippen LogP contribution in [0.4, 0.5) is 5.69 Å². The molecule has 0 aliphatic carbocycles. The molecule has 98 valence electrons. The molecule has 0 N–H and O–H groups in total. The minimum absolute atomic E-state index is 0.662. The average Bonchev–Trinajstić information content (AvgIpc) is 2.49. The number of carbonyl (C=O) groups is 1. The summed E-state index contributed by atoms with van der Waals surface area (Å²) >= 11 is 0. The third-order valence-corrected chi connectivity index (χ3v) is 3.41. The molecule has 0 bridgehead atoms. The number of carbonyl (C=O) groups excluding carboxylic acids is 1. The van der Waals surface area contributed by atoms with E-state index in [1.54, 1.807) is 5.01 Å². The van der Waals surface area contributed by atoms with Crippen molar-refractivity contribution in [3.8, 4) is 0 Å². The fraction of sp³-hybridized carbons (Fsp3) is 0.267.